The molecule has 0 aliphatic heterocycles. The molecule has 8 nitrogen and oxygen atoms in total. The highest BCUT2D eigenvalue weighted by Crippen LogP contribution is 2.48. The minimum atomic E-state index is -2.39. The third kappa shape index (κ3) is 5.07. The Kier molecular flexibility index (Phi) is 7.21. The summed E-state index contributed by atoms with van der Waals surface area (Å²) in [7, 11) is 1.51. The Bertz CT molecular complexity index is 808. The van der Waals surface area contributed by atoms with Crippen molar-refractivity contribution in [2.45, 2.75) is 18.2 Å². The number of benzene rings is 1. The number of halogens is 1. The predicted molar refractivity (Wildman–Crippen MR) is 96.9 cm³/mol. The summed E-state index contributed by atoms with van der Waals surface area (Å²) >= 11 is 0.978. The van der Waals surface area contributed by atoms with Gasteiger partial charge in [0.2, 0.25) is 11.5 Å². The van der Waals surface area contributed by atoms with Gasteiger partial charge in [-0.15, -0.1) is 0 Å². The second kappa shape index (κ2) is 9.17. The lowest BCUT2D eigenvalue weighted by molar-refractivity contribution is -0.132. The van der Waals surface area contributed by atoms with Gasteiger partial charge in [-0.3, -0.25) is 9.00 Å². The van der Waals surface area contributed by atoms with Gasteiger partial charge in [0.25, 0.3) is 0 Å². The second-order valence-corrected chi connectivity index (χ2v) is 7.05. The fraction of sp³-hybridized carbons (Fsp3) is 0.312. The molecule has 1 aromatic heterocycles. The van der Waals surface area contributed by atoms with Gasteiger partial charge in [-0.2, -0.15) is 0 Å². The number of hydrogen-bond donors (Lipinski definition) is 2. The molecular weight excluding hydrogens is 430 g/mol. The number of alkyl halides is 1. The third-order valence-corrected chi connectivity index (χ3v) is 4.66. The molecule has 2 atom stereocenters. The number of furan rings is 1. The summed E-state index contributed by atoms with van der Waals surface area (Å²) in [6.45, 7) is 1.33. The van der Waals surface area contributed by atoms with E-state index in [1.54, 1.807) is 24.3 Å². The molecule has 0 fully saturated rings. The van der Waals surface area contributed by atoms with Crippen molar-refractivity contribution in [3.8, 4) is 28.6 Å². The van der Waals surface area contributed by atoms with Crippen molar-refractivity contribution in [3.05, 3.63) is 30.0 Å². The van der Waals surface area contributed by atoms with Gasteiger partial charge < -0.3 is 23.6 Å². The van der Waals surface area contributed by atoms with Crippen molar-refractivity contribution in [1.82, 2.24) is 4.72 Å². The largest absolute Gasteiger partial charge is 0.760 e. The average molecular weight is 447 g/mol. The molecule has 2 unspecified atom stereocenters. The van der Waals surface area contributed by atoms with Gasteiger partial charge in [-0.1, -0.05) is 28.1 Å². The summed E-state index contributed by atoms with van der Waals surface area (Å²) in [6.07, 6.45) is 0.298. The number of carbonyl (C=O) groups excluding carboxylic acids is 1. The van der Waals surface area contributed by atoms with Crippen LogP contribution in [0, 0.1) is 0 Å². The Morgan fingerprint density at radius 1 is 1.50 bits per heavy atom. The van der Waals surface area contributed by atoms with Crippen molar-refractivity contribution in [1.29, 1.82) is 0 Å². The standard InChI is InChI=1S/C16H18BrNO7S/c1-9(19)24-16-13(20)14(10-4-3-5-11(8-10)23-2)25-15(16)12(17)6-7-18-26(21)22/h3-5,8,12,18,20H,6-7H2,1-2H3,(H,21,22)/p-1. The van der Waals surface area contributed by atoms with Crippen LogP contribution in [-0.2, 0) is 16.1 Å². The lowest BCUT2D eigenvalue weighted by atomic mass is 10.1. The molecule has 10 heteroatoms. The fourth-order valence-electron chi connectivity index (χ4n) is 2.23. The molecule has 0 bridgehead atoms. The zero-order chi connectivity index (χ0) is 19.3. The van der Waals surface area contributed by atoms with E-state index in [2.05, 4.69) is 20.7 Å². The normalized spacial score (nSPS) is 13.2. The number of methoxy groups -OCH3 is 1. The zero-order valence-corrected chi connectivity index (χ0v) is 16.4. The molecule has 0 amide bonds. The van der Waals surface area contributed by atoms with Crippen LogP contribution >= 0.6 is 15.9 Å². The molecule has 1 aromatic carbocycles. The lowest BCUT2D eigenvalue weighted by Gasteiger charge is -2.11. The van der Waals surface area contributed by atoms with E-state index in [9.17, 15) is 18.7 Å². The Hall–Kier alpha value is -1.88. The maximum absolute atomic E-state index is 11.4. The Labute approximate surface area is 161 Å². The van der Waals surface area contributed by atoms with E-state index in [4.69, 9.17) is 13.9 Å². The van der Waals surface area contributed by atoms with Gasteiger partial charge in [0, 0.05) is 30.3 Å². The molecule has 2 rings (SSSR count). The van der Waals surface area contributed by atoms with E-state index in [1.165, 1.54) is 14.0 Å². The minimum Gasteiger partial charge on any atom is -0.760 e. The van der Waals surface area contributed by atoms with Gasteiger partial charge in [0.15, 0.2) is 11.5 Å². The highest BCUT2D eigenvalue weighted by atomic mass is 79.9. The lowest BCUT2D eigenvalue weighted by Crippen LogP contribution is -2.18. The Morgan fingerprint density at radius 2 is 2.23 bits per heavy atom. The van der Waals surface area contributed by atoms with Crippen molar-refractivity contribution < 1.29 is 32.6 Å². The Morgan fingerprint density at radius 3 is 2.85 bits per heavy atom. The number of hydrogen-bond acceptors (Lipinski definition) is 7. The molecule has 0 aliphatic carbocycles. The van der Waals surface area contributed by atoms with Crippen LogP contribution < -0.4 is 14.2 Å². The van der Waals surface area contributed by atoms with Crippen molar-refractivity contribution >= 4 is 33.2 Å². The summed E-state index contributed by atoms with van der Waals surface area (Å²) in [5.74, 6) is -0.216. The van der Waals surface area contributed by atoms with Crippen molar-refractivity contribution in [2.75, 3.05) is 13.7 Å². The first kappa shape index (κ1) is 20.4. The molecule has 0 saturated carbocycles. The number of nitrogens with one attached hydrogen (secondary N) is 1. The van der Waals surface area contributed by atoms with Gasteiger partial charge in [-0.05, 0) is 18.6 Å². The molecule has 26 heavy (non-hydrogen) atoms. The first-order chi connectivity index (χ1) is 12.3. The van der Waals surface area contributed by atoms with Gasteiger partial charge in [-0.25, -0.2) is 4.72 Å². The quantitative estimate of drug-likeness (QED) is 0.363. The maximum Gasteiger partial charge on any atom is 0.308 e. The van der Waals surface area contributed by atoms with Crippen molar-refractivity contribution in [3.63, 3.8) is 0 Å². The first-order valence-electron chi connectivity index (χ1n) is 7.48. The molecule has 142 valence electrons. The van der Waals surface area contributed by atoms with Crippen LogP contribution in [0.15, 0.2) is 28.7 Å². The highest BCUT2D eigenvalue weighted by molar-refractivity contribution is 9.09. The van der Waals surface area contributed by atoms with Crippen LogP contribution in [0.25, 0.3) is 11.3 Å². The SMILES string of the molecule is COc1cccc(-c2oc(C(Br)CCNS(=O)[O-])c(OC(C)=O)c2O)c1. The van der Waals surface area contributed by atoms with E-state index in [0.29, 0.717) is 17.7 Å². The minimum absolute atomic E-state index is 0.111. The number of aromatic hydroxyl groups is 1. The topological polar surface area (TPSA) is 121 Å². The van der Waals surface area contributed by atoms with Crippen LogP contribution in [0.5, 0.6) is 17.2 Å². The van der Waals surface area contributed by atoms with Crippen LogP contribution in [-0.4, -0.2) is 33.5 Å². The smallest absolute Gasteiger partial charge is 0.308 e. The third-order valence-electron chi connectivity index (χ3n) is 3.35. The monoisotopic (exact) mass is 446 g/mol. The summed E-state index contributed by atoms with van der Waals surface area (Å²) in [5, 5.41) is 10.5. The molecule has 0 spiro atoms. The predicted octanol–water partition coefficient (Wildman–Crippen LogP) is 2.80. The number of rotatable bonds is 8. The van der Waals surface area contributed by atoms with Crippen LogP contribution in [0.2, 0.25) is 0 Å². The highest BCUT2D eigenvalue weighted by Gasteiger charge is 2.28. The zero-order valence-electron chi connectivity index (χ0n) is 14.0. The van der Waals surface area contributed by atoms with E-state index in [1.807, 2.05) is 0 Å². The van der Waals surface area contributed by atoms with Crippen LogP contribution in [0.3, 0.4) is 0 Å². The van der Waals surface area contributed by atoms with E-state index in [0.717, 1.165) is 0 Å². The molecule has 0 aliphatic rings. The number of ether oxygens (including phenoxy) is 2. The van der Waals surface area contributed by atoms with Crippen molar-refractivity contribution in [2.24, 2.45) is 0 Å². The molecule has 0 saturated heterocycles. The molecule has 2 N–H and O–H groups in total. The van der Waals surface area contributed by atoms with Crippen LogP contribution in [0.1, 0.15) is 23.9 Å². The van der Waals surface area contributed by atoms with Gasteiger partial charge >= 0.3 is 5.97 Å². The fourth-order valence-corrected chi connectivity index (χ4v) is 3.05. The molecular formula is C16H17BrNO7S-. The number of esters is 1. The first-order valence-corrected chi connectivity index (χ1v) is 9.47. The maximum atomic E-state index is 11.4. The summed E-state index contributed by atoms with van der Waals surface area (Å²) in [6, 6.07) is 6.82. The second-order valence-electron chi connectivity index (χ2n) is 5.18. The summed E-state index contributed by atoms with van der Waals surface area (Å²) < 4.78 is 39.4. The van der Waals surface area contributed by atoms with E-state index < -0.39 is 22.1 Å². The Balaban J connectivity index is 2.39. The molecule has 2 aromatic rings. The average Bonchev–Trinajstić information content (AvgIpc) is 2.91. The molecule has 1 heterocycles. The number of carbonyl (C=O) groups is 1. The van der Waals surface area contributed by atoms with Gasteiger partial charge in [0.05, 0.1) is 11.9 Å². The van der Waals surface area contributed by atoms with Gasteiger partial charge in [0.1, 0.15) is 5.75 Å². The molecule has 0 radical (unpaired) electrons. The summed E-state index contributed by atoms with van der Waals surface area (Å²) in [4.78, 5) is 10.9. The van der Waals surface area contributed by atoms with Crippen LogP contribution in [0.4, 0.5) is 0 Å². The van der Waals surface area contributed by atoms with E-state index in [-0.39, 0.29) is 29.6 Å². The van der Waals surface area contributed by atoms with E-state index >= 15 is 0 Å². The summed E-state index contributed by atoms with van der Waals surface area (Å²) in [5.41, 5.74) is 0.528.